The van der Waals surface area contributed by atoms with Crippen LogP contribution in [-0.4, -0.2) is 42.0 Å². The van der Waals surface area contributed by atoms with E-state index in [0.717, 1.165) is 22.5 Å². The highest BCUT2D eigenvalue weighted by Crippen LogP contribution is 2.31. The number of carbonyl (C=O) groups excluding carboxylic acids is 1. The van der Waals surface area contributed by atoms with Gasteiger partial charge in [-0.3, -0.25) is 9.59 Å². The number of carbonyl (C=O) groups is 1. The van der Waals surface area contributed by atoms with Crippen molar-refractivity contribution in [3.05, 3.63) is 62.1 Å². The van der Waals surface area contributed by atoms with Gasteiger partial charge in [-0.05, 0) is 103 Å². The zero-order chi connectivity index (χ0) is 25.0. The Labute approximate surface area is 203 Å². The molecule has 6 nitrogen and oxygen atoms in total. The number of hydrogen-bond acceptors (Lipinski definition) is 4. The second-order valence-corrected chi connectivity index (χ2v) is 9.93. The van der Waals surface area contributed by atoms with Gasteiger partial charge in [-0.2, -0.15) is 0 Å². The van der Waals surface area contributed by atoms with Gasteiger partial charge in [-0.25, -0.2) is 0 Å². The van der Waals surface area contributed by atoms with E-state index in [1.807, 2.05) is 32.9 Å². The smallest absolute Gasteiger partial charge is 0.253 e. The van der Waals surface area contributed by atoms with Gasteiger partial charge in [0.2, 0.25) is 0 Å². The molecule has 6 heteroatoms. The summed E-state index contributed by atoms with van der Waals surface area (Å²) < 4.78 is 0. The number of aryl methyl sites for hydroxylation is 2. The predicted octanol–water partition coefficient (Wildman–Crippen LogP) is 4.13. The van der Waals surface area contributed by atoms with E-state index in [2.05, 4.69) is 47.5 Å². The first-order valence-electron chi connectivity index (χ1n) is 12.1. The molecule has 3 N–H and O–H groups in total. The minimum atomic E-state index is -0.240. The van der Waals surface area contributed by atoms with Crippen LogP contribution in [0.1, 0.15) is 70.9 Å². The topological polar surface area (TPSA) is 77.2 Å². The number of nitrogens with one attached hydrogen (secondary N) is 3. The number of aromatic amines is 1. The molecule has 2 aromatic rings. The fraction of sp³-hybridized carbons (Fsp3) is 0.500. The number of amides is 1. The highest BCUT2D eigenvalue weighted by atomic mass is 16.1. The Morgan fingerprint density at radius 3 is 2.44 bits per heavy atom. The molecule has 1 fully saturated rings. The van der Waals surface area contributed by atoms with Crippen LogP contribution in [0.5, 0.6) is 0 Å². The van der Waals surface area contributed by atoms with E-state index in [0.29, 0.717) is 28.7 Å². The Morgan fingerprint density at radius 2 is 1.85 bits per heavy atom. The lowest BCUT2D eigenvalue weighted by molar-refractivity contribution is 0.0950. The van der Waals surface area contributed by atoms with Crippen LogP contribution < -0.4 is 16.2 Å². The maximum Gasteiger partial charge on any atom is 0.253 e. The van der Waals surface area contributed by atoms with E-state index in [-0.39, 0.29) is 24.1 Å². The van der Waals surface area contributed by atoms with Crippen LogP contribution in [0, 0.1) is 39.0 Å². The van der Waals surface area contributed by atoms with Gasteiger partial charge in [0.05, 0.1) is 0 Å². The zero-order valence-corrected chi connectivity index (χ0v) is 21.3. The summed E-state index contributed by atoms with van der Waals surface area (Å²) in [7, 11) is 4.31. The molecule has 1 unspecified atom stereocenters. The van der Waals surface area contributed by atoms with Crippen LogP contribution in [0.25, 0.3) is 0 Å². The highest BCUT2D eigenvalue weighted by Gasteiger charge is 2.27. The number of anilines is 1. The second-order valence-electron chi connectivity index (χ2n) is 9.93. The molecule has 1 heterocycles. The lowest BCUT2D eigenvalue weighted by atomic mass is 9.81. The molecular formula is C28H38N4O2. The van der Waals surface area contributed by atoms with Crippen LogP contribution in [0.15, 0.2) is 23.0 Å². The van der Waals surface area contributed by atoms with Crippen molar-refractivity contribution in [3.63, 3.8) is 0 Å². The van der Waals surface area contributed by atoms with E-state index in [9.17, 15) is 9.59 Å². The maximum atomic E-state index is 13.1. The molecule has 0 bridgehead atoms. The molecule has 34 heavy (non-hydrogen) atoms. The van der Waals surface area contributed by atoms with Crippen molar-refractivity contribution in [2.45, 2.75) is 72.0 Å². The molecule has 0 radical (unpaired) electrons. The summed E-state index contributed by atoms with van der Waals surface area (Å²) >= 11 is 0. The van der Waals surface area contributed by atoms with Crippen LogP contribution in [0.4, 0.5) is 5.69 Å². The van der Waals surface area contributed by atoms with Crippen molar-refractivity contribution >= 4 is 11.6 Å². The van der Waals surface area contributed by atoms with Crippen LogP contribution in [0.3, 0.4) is 0 Å². The molecule has 3 rings (SSSR count). The number of rotatable bonds is 7. The number of nitrogens with zero attached hydrogens (tertiary/aromatic N) is 1. The molecule has 1 amide bonds. The van der Waals surface area contributed by atoms with Crippen molar-refractivity contribution in [2.75, 3.05) is 19.4 Å². The first-order chi connectivity index (χ1) is 16.1. The fourth-order valence-corrected chi connectivity index (χ4v) is 5.03. The van der Waals surface area contributed by atoms with Gasteiger partial charge in [0.15, 0.2) is 0 Å². The van der Waals surface area contributed by atoms with Gasteiger partial charge >= 0.3 is 0 Å². The maximum absolute atomic E-state index is 13.1. The summed E-state index contributed by atoms with van der Waals surface area (Å²) in [6, 6.07) is 6.54. The lowest BCUT2D eigenvalue weighted by Gasteiger charge is -2.36. The number of pyridine rings is 1. The van der Waals surface area contributed by atoms with Crippen LogP contribution >= 0.6 is 0 Å². The van der Waals surface area contributed by atoms with Gasteiger partial charge in [0, 0.05) is 46.7 Å². The van der Waals surface area contributed by atoms with E-state index >= 15 is 0 Å². The molecule has 1 aromatic carbocycles. The summed E-state index contributed by atoms with van der Waals surface area (Å²) in [6.07, 6.45) is 10.5. The molecular weight excluding hydrogens is 424 g/mol. The van der Waals surface area contributed by atoms with Gasteiger partial charge in [-0.15, -0.1) is 6.42 Å². The minimum Gasteiger partial charge on any atom is -0.382 e. The standard InChI is InChI=1S/C28H38N4O2/c1-8-21-14-24(27(33)29-16-25-17(2)13-18(3)30-28(25)34)19(4)26(15-21)31-20(5)22-9-11-23(12-10-22)32(6)7/h1,13-15,20,22-23,31H,9-12,16H2,2-7H3,(H,29,33)(H,30,34). The Kier molecular flexibility index (Phi) is 8.22. The zero-order valence-electron chi connectivity index (χ0n) is 21.3. The summed E-state index contributed by atoms with van der Waals surface area (Å²) in [5, 5.41) is 6.56. The molecule has 0 aliphatic heterocycles. The summed E-state index contributed by atoms with van der Waals surface area (Å²) in [5.74, 6) is 3.02. The van der Waals surface area contributed by atoms with Gasteiger partial charge in [0.25, 0.3) is 11.5 Å². The van der Waals surface area contributed by atoms with Crippen molar-refractivity contribution < 1.29 is 4.79 Å². The van der Waals surface area contributed by atoms with Crippen molar-refractivity contribution in [3.8, 4) is 12.3 Å². The minimum absolute atomic E-state index is 0.161. The first-order valence-corrected chi connectivity index (χ1v) is 12.1. The number of benzene rings is 1. The number of aromatic nitrogens is 1. The number of terminal acetylenes is 1. The van der Waals surface area contributed by atoms with Crippen LogP contribution in [-0.2, 0) is 6.54 Å². The van der Waals surface area contributed by atoms with Gasteiger partial charge < -0.3 is 20.5 Å². The molecule has 1 atom stereocenters. The van der Waals surface area contributed by atoms with Gasteiger partial charge in [0.1, 0.15) is 0 Å². The Hall–Kier alpha value is -3.04. The third-order valence-electron chi connectivity index (χ3n) is 7.30. The Bertz CT molecular complexity index is 1130. The quantitative estimate of drug-likeness (QED) is 0.541. The number of H-pyrrole nitrogens is 1. The van der Waals surface area contributed by atoms with E-state index in [1.165, 1.54) is 25.7 Å². The van der Waals surface area contributed by atoms with Crippen molar-refractivity contribution in [1.82, 2.24) is 15.2 Å². The average molecular weight is 463 g/mol. The SMILES string of the molecule is C#Cc1cc(NC(C)C2CCC(N(C)C)CC2)c(C)c(C(=O)NCc2c(C)cc(C)[nH]c2=O)c1. The summed E-state index contributed by atoms with van der Waals surface area (Å²) in [4.78, 5) is 30.5. The normalized spacial score (nSPS) is 18.9. The average Bonchev–Trinajstić information content (AvgIpc) is 2.79. The third kappa shape index (κ3) is 5.90. The predicted molar refractivity (Wildman–Crippen MR) is 139 cm³/mol. The van der Waals surface area contributed by atoms with E-state index in [1.54, 1.807) is 6.07 Å². The number of hydrogen-bond donors (Lipinski definition) is 3. The Balaban J connectivity index is 1.75. The lowest BCUT2D eigenvalue weighted by Crippen LogP contribution is -2.36. The van der Waals surface area contributed by atoms with E-state index in [4.69, 9.17) is 6.42 Å². The monoisotopic (exact) mass is 462 g/mol. The van der Waals surface area contributed by atoms with Gasteiger partial charge in [-0.1, -0.05) is 5.92 Å². The van der Waals surface area contributed by atoms with Crippen LogP contribution in [0.2, 0.25) is 0 Å². The molecule has 1 aliphatic rings. The molecule has 0 saturated heterocycles. The van der Waals surface area contributed by atoms with Crippen molar-refractivity contribution in [2.24, 2.45) is 5.92 Å². The summed E-state index contributed by atoms with van der Waals surface area (Å²) in [5.41, 5.74) is 4.99. The summed E-state index contributed by atoms with van der Waals surface area (Å²) in [6.45, 7) is 8.04. The van der Waals surface area contributed by atoms with E-state index < -0.39 is 0 Å². The molecule has 1 saturated carbocycles. The van der Waals surface area contributed by atoms with Crippen molar-refractivity contribution in [1.29, 1.82) is 0 Å². The fourth-order valence-electron chi connectivity index (χ4n) is 5.03. The largest absolute Gasteiger partial charge is 0.382 e. The molecule has 1 aromatic heterocycles. The molecule has 182 valence electrons. The third-order valence-corrected chi connectivity index (χ3v) is 7.30. The first kappa shape index (κ1) is 25.6. The molecule has 1 aliphatic carbocycles. The molecule has 0 spiro atoms. The Morgan fingerprint density at radius 1 is 1.18 bits per heavy atom. The highest BCUT2D eigenvalue weighted by molar-refractivity contribution is 5.97. The second kappa shape index (κ2) is 10.9.